The molecule has 0 unspecified atom stereocenters. The van der Waals surface area contributed by atoms with Crippen molar-refractivity contribution in [3.8, 4) is 0 Å². The van der Waals surface area contributed by atoms with Crippen LogP contribution in [-0.2, 0) is 9.53 Å². The summed E-state index contributed by atoms with van der Waals surface area (Å²) >= 11 is 0. The van der Waals surface area contributed by atoms with Crippen LogP contribution in [0.1, 0.15) is 30.3 Å². The topological polar surface area (TPSA) is 144 Å². The fourth-order valence-corrected chi connectivity index (χ4v) is 3.11. The third kappa shape index (κ3) is 5.47. The number of unbranched alkanes of at least 4 members (excludes halogenated alkanes) is 1. The van der Waals surface area contributed by atoms with Crippen molar-refractivity contribution in [3.05, 3.63) is 40.6 Å². The van der Waals surface area contributed by atoms with Crippen LogP contribution in [-0.4, -0.2) is 71.0 Å². The number of carbonyl (C=O) groups excluding carboxylic acids is 2. The van der Waals surface area contributed by atoms with Crippen LogP contribution in [0.4, 0.5) is 17.3 Å². The van der Waals surface area contributed by atoms with Gasteiger partial charge in [0.25, 0.3) is 5.91 Å². The predicted molar refractivity (Wildman–Crippen MR) is 110 cm³/mol. The number of amides is 1. The fourth-order valence-electron chi connectivity index (χ4n) is 3.11. The second-order valence-corrected chi connectivity index (χ2v) is 6.84. The molecule has 0 radical (unpaired) electrons. The summed E-state index contributed by atoms with van der Waals surface area (Å²) in [6, 6.07) is 3.23. The lowest BCUT2D eigenvalue weighted by molar-refractivity contribution is -0.383. The van der Waals surface area contributed by atoms with Crippen LogP contribution < -0.4 is 10.2 Å². The van der Waals surface area contributed by atoms with E-state index in [-0.39, 0.29) is 35.5 Å². The standard InChI is InChI=1S/C19H24N6O6/c1-2-3-10-31-15(26)12-20-17-16(25(28)29)18(22-13-21-17)23-6-8-24(9-7-23)19(27)14-5-4-11-30-14/h4-5,11,13H,2-3,6-10,12H2,1H3,(H,20,21,22). The smallest absolute Gasteiger partial charge is 0.353 e. The van der Waals surface area contributed by atoms with Gasteiger partial charge in [0, 0.05) is 26.2 Å². The van der Waals surface area contributed by atoms with Gasteiger partial charge in [0.2, 0.25) is 11.6 Å². The second kappa shape index (κ2) is 10.4. The van der Waals surface area contributed by atoms with Crippen LogP contribution in [0.25, 0.3) is 0 Å². The van der Waals surface area contributed by atoms with Crippen molar-refractivity contribution in [2.75, 3.05) is 49.5 Å². The van der Waals surface area contributed by atoms with Crippen LogP contribution in [0.2, 0.25) is 0 Å². The van der Waals surface area contributed by atoms with E-state index >= 15 is 0 Å². The van der Waals surface area contributed by atoms with Crippen molar-refractivity contribution < 1.29 is 23.7 Å². The number of ether oxygens (including phenoxy) is 1. The number of nitrogens with one attached hydrogen (secondary N) is 1. The fraction of sp³-hybridized carbons (Fsp3) is 0.474. The Morgan fingerprint density at radius 2 is 2.06 bits per heavy atom. The molecule has 2 aromatic heterocycles. The number of piperazine rings is 1. The highest BCUT2D eigenvalue weighted by Gasteiger charge is 2.31. The summed E-state index contributed by atoms with van der Waals surface area (Å²) in [7, 11) is 0. The largest absolute Gasteiger partial charge is 0.464 e. The molecule has 12 heteroatoms. The molecule has 0 aromatic carbocycles. The lowest BCUT2D eigenvalue weighted by Gasteiger charge is -2.34. The zero-order valence-electron chi connectivity index (χ0n) is 17.2. The first kappa shape index (κ1) is 22.0. The summed E-state index contributed by atoms with van der Waals surface area (Å²) in [6.07, 6.45) is 4.27. The minimum atomic E-state index is -0.583. The van der Waals surface area contributed by atoms with Crippen molar-refractivity contribution in [3.63, 3.8) is 0 Å². The first-order valence-electron chi connectivity index (χ1n) is 9.97. The molecule has 3 heterocycles. The first-order chi connectivity index (χ1) is 15.0. The van der Waals surface area contributed by atoms with Crippen LogP contribution >= 0.6 is 0 Å². The number of anilines is 2. The average molecular weight is 432 g/mol. The quantitative estimate of drug-likeness (QED) is 0.269. The molecule has 1 N–H and O–H groups in total. The van der Waals surface area contributed by atoms with Crippen LogP contribution in [0, 0.1) is 10.1 Å². The highest BCUT2D eigenvalue weighted by Crippen LogP contribution is 2.32. The molecule has 0 spiro atoms. The normalized spacial score (nSPS) is 13.7. The molecule has 166 valence electrons. The van der Waals surface area contributed by atoms with E-state index < -0.39 is 10.9 Å². The van der Waals surface area contributed by atoms with Crippen molar-refractivity contribution in [1.29, 1.82) is 0 Å². The zero-order valence-corrected chi connectivity index (χ0v) is 17.2. The van der Waals surface area contributed by atoms with E-state index in [0.717, 1.165) is 12.8 Å². The zero-order chi connectivity index (χ0) is 22.2. The lowest BCUT2D eigenvalue weighted by Crippen LogP contribution is -2.49. The molecule has 31 heavy (non-hydrogen) atoms. The molecule has 0 saturated carbocycles. The predicted octanol–water partition coefficient (Wildman–Crippen LogP) is 1.70. The molecule has 3 rings (SSSR count). The molecule has 1 amide bonds. The van der Waals surface area contributed by atoms with Crippen LogP contribution in [0.3, 0.4) is 0 Å². The van der Waals surface area contributed by atoms with Gasteiger partial charge in [0.05, 0.1) is 17.8 Å². The van der Waals surface area contributed by atoms with E-state index in [2.05, 4.69) is 15.3 Å². The highest BCUT2D eigenvalue weighted by atomic mass is 16.6. The van der Waals surface area contributed by atoms with E-state index in [1.165, 1.54) is 12.6 Å². The van der Waals surface area contributed by atoms with Crippen molar-refractivity contribution in [2.45, 2.75) is 19.8 Å². The summed E-state index contributed by atoms with van der Waals surface area (Å²) in [4.78, 5) is 46.7. The minimum absolute atomic E-state index is 0.0588. The Bertz CT molecular complexity index is 911. The Kier molecular flexibility index (Phi) is 7.35. The highest BCUT2D eigenvalue weighted by molar-refractivity contribution is 5.91. The van der Waals surface area contributed by atoms with E-state index in [1.54, 1.807) is 21.9 Å². The molecular formula is C19H24N6O6. The molecule has 2 aromatic rings. The van der Waals surface area contributed by atoms with Gasteiger partial charge in [-0.05, 0) is 18.6 Å². The summed E-state index contributed by atoms with van der Waals surface area (Å²) in [6.45, 7) is 3.44. The van der Waals surface area contributed by atoms with Gasteiger partial charge in [-0.3, -0.25) is 19.7 Å². The van der Waals surface area contributed by atoms with Crippen LogP contribution in [0.5, 0.6) is 0 Å². The van der Waals surface area contributed by atoms with Gasteiger partial charge >= 0.3 is 11.7 Å². The Hall–Kier alpha value is -3.70. The van der Waals surface area contributed by atoms with Gasteiger partial charge in [0.1, 0.15) is 12.9 Å². The first-order valence-corrected chi connectivity index (χ1v) is 9.97. The van der Waals surface area contributed by atoms with Crippen molar-refractivity contribution in [1.82, 2.24) is 14.9 Å². The maximum atomic E-state index is 12.4. The van der Waals surface area contributed by atoms with Gasteiger partial charge in [0.15, 0.2) is 5.76 Å². The number of furan rings is 1. The van der Waals surface area contributed by atoms with Gasteiger partial charge in [-0.2, -0.15) is 0 Å². The van der Waals surface area contributed by atoms with E-state index in [4.69, 9.17) is 9.15 Å². The maximum Gasteiger partial charge on any atom is 0.353 e. The molecular weight excluding hydrogens is 408 g/mol. The second-order valence-electron chi connectivity index (χ2n) is 6.84. The average Bonchev–Trinajstić information content (AvgIpc) is 3.32. The number of nitro groups is 1. The van der Waals surface area contributed by atoms with E-state index in [9.17, 15) is 19.7 Å². The van der Waals surface area contributed by atoms with Gasteiger partial charge < -0.3 is 24.3 Å². The monoisotopic (exact) mass is 432 g/mol. The van der Waals surface area contributed by atoms with E-state index in [0.29, 0.717) is 32.8 Å². The summed E-state index contributed by atoms with van der Waals surface area (Å²) in [5.74, 6) is -0.430. The van der Waals surface area contributed by atoms with Gasteiger partial charge in [-0.15, -0.1) is 0 Å². The number of esters is 1. The molecule has 0 atom stereocenters. The molecule has 1 aliphatic rings. The Morgan fingerprint density at radius 1 is 1.29 bits per heavy atom. The summed E-state index contributed by atoms with van der Waals surface area (Å²) in [5.41, 5.74) is -0.324. The molecule has 0 bridgehead atoms. The number of rotatable bonds is 9. The lowest BCUT2D eigenvalue weighted by atomic mass is 10.2. The molecule has 12 nitrogen and oxygen atoms in total. The molecule has 0 aliphatic carbocycles. The Labute approximate surface area is 178 Å². The number of aromatic nitrogens is 2. The van der Waals surface area contributed by atoms with Crippen LogP contribution in [0.15, 0.2) is 29.1 Å². The Balaban J connectivity index is 1.66. The summed E-state index contributed by atoms with van der Waals surface area (Å²) in [5, 5.41) is 14.4. The van der Waals surface area contributed by atoms with Gasteiger partial charge in [-0.1, -0.05) is 13.3 Å². The molecule has 1 fully saturated rings. The van der Waals surface area contributed by atoms with E-state index in [1.807, 2.05) is 6.92 Å². The van der Waals surface area contributed by atoms with Crippen molar-refractivity contribution in [2.24, 2.45) is 0 Å². The minimum Gasteiger partial charge on any atom is -0.464 e. The SMILES string of the molecule is CCCCOC(=O)CNc1ncnc(N2CCN(C(=O)c3ccco3)CC2)c1[N+](=O)[O-]. The van der Waals surface area contributed by atoms with Gasteiger partial charge in [-0.25, -0.2) is 9.97 Å². The third-order valence-corrected chi connectivity index (χ3v) is 4.75. The summed E-state index contributed by atoms with van der Waals surface area (Å²) < 4.78 is 10.2. The number of hydrogen-bond donors (Lipinski definition) is 1. The number of nitrogens with zero attached hydrogens (tertiary/aromatic N) is 5. The van der Waals surface area contributed by atoms with Crippen molar-refractivity contribution >= 4 is 29.2 Å². The maximum absolute atomic E-state index is 12.4. The number of hydrogen-bond acceptors (Lipinski definition) is 10. The molecule has 1 aliphatic heterocycles. The molecule has 1 saturated heterocycles. The third-order valence-electron chi connectivity index (χ3n) is 4.75. The Morgan fingerprint density at radius 3 is 2.71 bits per heavy atom. The number of carbonyl (C=O) groups is 2.